The summed E-state index contributed by atoms with van der Waals surface area (Å²) in [6.45, 7) is 5.41. The Balaban J connectivity index is 2.51. The Morgan fingerprint density at radius 3 is 2.40 bits per heavy atom. The smallest absolute Gasteiger partial charge is 0.311 e. The molecule has 0 aromatic heterocycles. The Morgan fingerprint density at radius 2 is 2.07 bits per heavy atom. The molecule has 1 fully saturated rings. The highest BCUT2D eigenvalue weighted by molar-refractivity contribution is 8.14. The van der Waals surface area contributed by atoms with Gasteiger partial charge in [-0.3, -0.25) is 4.79 Å². The number of ether oxygens (including phenoxy) is 1. The summed E-state index contributed by atoms with van der Waals surface area (Å²) in [5.41, 5.74) is -0.566. The molecule has 0 saturated heterocycles. The number of halogens is 1. The van der Waals surface area contributed by atoms with Crippen LogP contribution >= 0.6 is 10.7 Å². The molecule has 1 aliphatic rings. The van der Waals surface area contributed by atoms with E-state index >= 15 is 0 Å². The highest BCUT2D eigenvalue weighted by atomic mass is 35.7. The summed E-state index contributed by atoms with van der Waals surface area (Å²) in [5.74, 6) is -0.363. The molecule has 2 atom stereocenters. The average Bonchev–Trinajstić information content (AvgIpc) is 2.83. The molecular formula is C9H15ClO4S. The Hall–Kier alpha value is -0.290. The predicted octanol–water partition coefficient (Wildman–Crippen LogP) is 1.68. The van der Waals surface area contributed by atoms with Crippen molar-refractivity contribution < 1.29 is 17.9 Å². The van der Waals surface area contributed by atoms with Crippen LogP contribution in [0.5, 0.6) is 0 Å². The Labute approximate surface area is 94.4 Å². The second-order valence-electron chi connectivity index (χ2n) is 4.43. The quantitative estimate of drug-likeness (QED) is 0.566. The van der Waals surface area contributed by atoms with Gasteiger partial charge in [-0.2, -0.15) is 0 Å². The fourth-order valence-electron chi connectivity index (χ4n) is 1.01. The third-order valence-corrected chi connectivity index (χ3v) is 4.64. The number of hydrogen-bond donors (Lipinski definition) is 0. The topological polar surface area (TPSA) is 60.4 Å². The molecule has 88 valence electrons. The molecule has 0 amide bonds. The first kappa shape index (κ1) is 12.8. The predicted molar refractivity (Wildman–Crippen MR) is 57.1 cm³/mol. The standard InChI is InChI=1S/C9H15ClO4S/c1-4-9(2,3)8(11)14-6-5-7(6)15(10,12)13/h6-7H,4-5H2,1-3H3. The van der Waals surface area contributed by atoms with Gasteiger partial charge in [0.15, 0.2) is 0 Å². The van der Waals surface area contributed by atoms with Crippen LogP contribution in [0.2, 0.25) is 0 Å². The molecule has 1 saturated carbocycles. The summed E-state index contributed by atoms with van der Waals surface area (Å²) >= 11 is 0. The maximum absolute atomic E-state index is 11.6. The van der Waals surface area contributed by atoms with Crippen LogP contribution in [0.1, 0.15) is 33.6 Å². The van der Waals surface area contributed by atoms with Crippen LogP contribution in [-0.4, -0.2) is 25.7 Å². The SMILES string of the molecule is CCC(C)(C)C(=O)OC1CC1S(=O)(=O)Cl. The van der Waals surface area contributed by atoms with Crippen molar-refractivity contribution in [2.45, 2.75) is 45.0 Å². The van der Waals surface area contributed by atoms with Crippen molar-refractivity contribution in [3.63, 3.8) is 0 Å². The molecular weight excluding hydrogens is 240 g/mol. The third-order valence-electron chi connectivity index (χ3n) is 2.73. The van der Waals surface area contributed by atoms with Gasteiger partial charge in [-0.1, -0.05) is 6.92 Å². The number of hydrogen-bond acceptors (Lipinski definition) is 4. The lowest BCUT2D eigenvalue weighted by Crippen LogP contribution is -2.27. The largest absolute Gasteiger partial charge is 0.460 e. The Kier molecular flexibility index (Phi) is 3.36. The molecule has 1 rings (SSSR count). The average molecular weight is 255 g/mol. The minimum absolute atomic E-state index is 0.317. The van der Waals surface area contributed by atoms with E-state index in [0.29, 0.717) is 12.8 Å². The Bertz CT molecular complexity index is 360. The van der Waals surface area contributed by atoms with Gasteiger partial charge in [0, 0.05) is 17.1 Å². The lowest BCUT2D eigenvalue weighted by molar-refractivity contribution is -0.155. The fraction of sp³-hybridized carbons (Fsp3) is 0.889. The van der Waals surface area contributed by atoms with Crippen molar-refractivity contribution in [3.8, 4) is 0 Å². The normalized spacial score (nSPS) is 26.1. The van der Waals surface area contributed by atoms with E-state index in [1.165, 1.54) is 0 Å². The van der Waals surface area contributed by atoms with Crippen LogP contribution in [0.25, 0.3) is 0 Å². The van der Waals surface area contributed by atoms with Gasteiger partial charge in [-0.05, 0) is 20.3 Å². The minimum Gasteiger partial charge on any atom is -0.460 e. The van der Waals surface area contributed by atoms with Crippen LogP contribution in [0.4, 0.5) is 0 Å². The maximum atomic E-state index is 11.6. The molecule has 0 bridgehead atoms. The van der Waals surface area contributed by atoms with Crippen LogP contribution in [-0.2, 0) is 18.6 Å². The second kappa shape index (κ2) is 3.94. The molecule has 0 aromatic rings. The third kappa shape index (κ3) is 3.08. The van der Waals surface area contributed by atoms with E-state index in [2.05, 4.69) is 0 Å². The number of rotatable bonds is 4. The van der Waals surface area contributed by atoms with Gasteiger partial charge in [0.2, 0.25) is 9.05 Å². The maximum Gasteiger partial charge on any atom is 0.311 e. The molecule has 2 unspecified atom stereocenters. The zero-order chi connectivity index (χ0) is 11.9. The van der Waals surface area contributed by atoms with Gasteiger partial charge < -0.3 is 4.74 Å². The zero-order valence-electron chi connectivity index (χ0n) is 8.99. The summed E-state index contributed by atoms with van der Waals surface area (Å²) in [5, 5.41) is -0.712. The molecule has 15 heavy (non-hydrogen) atoms. The highest BCUT2D eigenvalue weighted by Gasteiger charge is 2.50. The first-order valence-corrected chi connectivity index (χ1v) is 7.20. The van der Waals surface area contributed by atoms with Gasteiger partial charge in [0.1, 0.15) is 11.4 Å². The summed E-state index contributed by atoms with van der Waals surface area (Å²) in [4.78, 5) is 11.6. The second-order valence-corrected chi connectivity index (χ2v) is 7.28. The van der Waals surface area contributed by atoms with Crippen LogP contribution in [0.15, 0.2) is 0 Å². The van der Waals surface area contributed by atoms with E-state index in [9.17, 15) is 13.2 Å². The van der Waals surface area contributed by atoms with E-state index in [1.54, 1.807) is 13.8 Å². The molecule has 0 N–H and O–H groups in total. The molecule has 6 heteroatoms. The highest BCUT2D eigenvalue weighted by Crippen LogP contribution is 2.37. The first-order valence-electron chi connectivity index (χ1n) is 4.83. The van der Waals surface area contributed by atoms with Crippen molar-refractivity contribution in [3.05, 3.63) is 0 Å². The van der Waals surface area contributed by atoms with Crippen LogP contribution < -0.4 is 0 Å². The van der Waals surface area contributed by atoms with Crippen molar-refractivity contribution in [1.29, 1.82) is 0 Å². The monoisotopic (exact) mass is 254 g/mol. The van der Waals surface area contributed by atoms with E-state index in [-0.39, 0.29) is 5.97 Å². The van der Waals surface area contributed by atoms with Gasteiger partial charge in [0.25, 0.3) is 0 Å². The zero-order valence-corrected chi connectivity index (χ0v) is 10.6. The summed E-state index contributed by atoms with van der Waals surface area (Å²) in [6, 6.07) is 0. The molecule has 0 aliphatic heterocycles. The molecule has 0 aromatic carbocycles. The lowest BCUT2D eigenvalue weighted by atomic mass is 9.91. The van der Waals surface area contributed by atoms with Crippen molar-refractivity contribution in [2.24, 2.45) is 5.41 Å². The number of esters is 1. The summed E-state index contributed by atoms with van der Waals surface area (Å²) in [7, 11) is 1.56. The summed E-state index contributed by atoms with van der Waals surface area (Å²) < 4.78 is 26.8. The Morgan fingerprint density at radius 1 is 1.53 bits per heavy atom. The van der Waals surface area contributed by atoms with Gasteiger partial charge in [-0.25, -0.2) is 8.42 Å². The van der Waals surface area contributed by atoms with Crippen molar-refractivity contribution in [2.75, 3.05) is 0 Å². The molecule has 0 heterocycles. The lowest BCUT2D eigenvalue weighted by Gasteiger charge is -2.20. The molecule has 1 aliphatic carbocycles. The van der Waals surface area contributed by atoms with Crippen molar-refractivity contribution >= 4 is 25.7 Å². The molecule has 4 nitrogen and oxygen atoms in total. The first-order chi connectivity index (χ1) is 6.68. The molecule has 0 radical (unpaired) electrons. The fourth-order valence-corrected chi connectivity index (χ4v) is 2.41. The van der Waals surface area contributed by atoms with Crippen LogP contribution in [0, 0.1) is 5.41 Å². The van der Waals surface area contributed by atoms with Gasteiger partial charge >= 0.3 is 5.97 Å². The number of carbonyl (C=O) groups is 1. The van der Waals surface area contributed by atoms with Crippen LogP contribution in [0.3, 0.4) is 0 Å². The minimum atomic E-state index is -3.58. The van der Waals surface area contributed by atoms with E-state index in [0.717, 1.165) is 0 Å². The van der Waals surface area contributed by atoms with Gasteiger partial charge in [-0.15, -0.1) is 0 Å². The number of carbonyl (C=O) groups excluding carboxylic acids is 1. The van der Waals surface area contributed by atoms with E-state index in [1.807, 2.05) is 6.92 Å². The van der Waals surface area contributed by atoms with E-state index in [4.69, 9.17) is 15.4 Å². The van der Waals surface area contributed by atoms with E-state index < -0.39 is 25.8 Å². The summed E-state index contributed by atoms with van der Waals surface area (Å²) in [6.07, 6.45) is 0.416. The van der Waals surface area contributed by atoms with Crippen molar-refractivity contribution in [1.82, 2.24) is 0 Å². The van der Waals surface area contributed by atoms with Gasteiger partial charge in [0.05, 0.1) is 5.41 Å². The molecule has 0 spiro atoms.